The molecule has 0 radical (unpaired) electrons. The number of hydrogen-bond acceptors (Lipinski definition) is 3. The lowest BCUT2D eigenvalue weighted by atomic mass is 10.1. The highest BCUT2D eigenvalue weighted by atomic mass is 16.5. The van der Waals surface area contributed by atoms with E-state index in [0.717, 1.165) is 28.2 Å². The molecule has 2 aromatic carbocycles. The number of rotatable bonds is 4. The van der Waals surface area contributed by atoms with E-state index in [1.165, 1.54) is 0 Å². The van der Waals surface area contributed by atoms with Crippen molar-refractivity contribution in [2.24, 2.45) is 0 Å². The van der Waals surface area contributed by atoms with Crippen molar-refractivity contribution in [1.29, 1.82) is 0 Å². The van der Waals surface area contributed by atoms with Gasteiger partial charge >= 0.3 is 0 Å². The predicted octanol–water partition coefficient (Wildman–Crippen LogP) is 2.70. The third-order valence-electron chi connectivity index (χ3n) is 4.01. The largest absolute Gasteiger partial charge is 0.488 e. The van der Waals surface area contributed by atoms with Gasteiger partial charge in [0.2, 0.25) is 0 Å². The molecule has 3 aromatic rings. The average Bonchev–Trinajstić information content (AvgIpc) is 3.04. The number of aromatic nitrogens is 2. The van der Waals surface area contributed by atoms with E-state index in [-0.39, 0.29) is 5.91 Å². The van der Waals surface area contributed by atoms with Crippen LogP contribution in [0.25, 0.3) is 17.1 Å². The van der Waals surface area contributed by atoms with Gasteiger partial charge in [-0.15, -0.1) is 0 Å². The maximum Gasteiger partial charge on any atom is 0.250 e. The molecule has 0 atom stereocenters. The minimum Gasteiger partial charge on any atom is -0.488 e. The number of amides is 1. The summed E-state index contributed by atoms with van der Waals surface area (Å²) in [6.07, 6.45) is 2.54. The molecule has 2 heterocycles. The number of benzene rings is 2. The van der Waals surface area contributed by atoms with Gasteiger partial charge in [-0.05, 0) is 24.3 Å². The molecular weight excluding hydrogens is 302 g/mol. The number of ether oxygens (including phenoxy) is 1. The number of H-pyrrole nitrogens is 1. The minimum atomic E-state index is -0.0967. The van der Waals surface area contributed by atoms with Crippen LogP contribution in [0.4, 0.5) is 0 Å². The van der Waals surface area contributed by atoms with E-state index in [1.807, 2.05) is 54.6 Å². The molecule has 0 unspecified atom stereocenters. The Bertz CT molecular complexity index is 894. The molecule has 0 aliphatic carbocycles. The van der Waals surface area contributed by atoms with Crippen molar-refractivity contribution < 1.29 is 9.53 Å². The second-order valence-electron chi connectivity index (χ2n) is 5.70. The number of carbonyl (C=O) groups excluding carboxylic acids is 1. The van der Waals surface area contributed by atoms with Gasteiger partial charge in [-0.2, -0.15) is 0 Å². The van der Waals surface area contributed by atoms with Crippen molar-refractivity contribution in [2.75, 3.05) is 13.2 Å². The summed E-state index contributed by atoms with van der Waals surface area (Å²) in [5.41, 5.74) is 3.53. The summed E-state index contributed by atoms with van der Waals surface area (Å²) in [5, 5.41) is 2.93. The maximum atomic E-state index is 12.3. The topological polar surface area (TPSA) is 67.0 Å². The first-order chi connectivity index (χ1) is 11.8. The molecule has 0 spiro atoms. The molecule has 0 fully saturated rings. The summed E-state index contributed by atoms with van der Waals surface area (Å²) >= 11 is 0. The Hall–Kier alpha value is -3.08. The number of nitrogens with zero attached hydrogens (tertiary/aromatic N) is 1. The van der Waals surface area contributed by atoms with Gasteiger partial charge in [-0.3, -0.25) is 4.79 Å². The van der Waals surface area contributed by atoms with Crippen molar-refractivity contribution in [3.05, 3.63) is 65.5 Å². The summed E-state index contributed by atoms with van der Waals surface area (Å²) in [7, 11) is 0. The van der Waals surface area contributed by atoms with Gasteiger partial charge in [0, 0.05) is 18.5 Å². The molecule has 1 aliphatic heterocycles. The van der Waals surface area contributed by atoms with Crippen LogP contribution in [0.5, 0.6) is 5.75 Å². The lowest BCUT2D eigenvalue weighted by Gasteiger charge is -2.17. The van der Waals surface area contributed by atoms with E-state index in [0.29, 0.717) is 25.1 Å². The minimum absolute atomic E-state index is 0.0967. The highest BCUT2D eigenvalue weighted by Crippen LogP contribution is 2.25. The Balaban J connectivity index is 1.38. The number of para-hydroxylation sites is 3. The van der Waals surface area contributed by atoms with E-state index in [1.54, 1.807) is 0 Å². The van der Waals surface area contributed by atoms with Gasteiger partial charge in [0.15, 0.2) is 0 Å². The average molecular weight is 319 g/mol. The van der Waals surface area contributed by atoms with E-state index in [2.05, 4.69) is 15.3 Å². The fourth-order valence-electron chi connectivity index (χ4n) is 2.78. The second kappa shape index (κ2) is 6.20. The first-order valence-corrected chi connectivity index (χ1v) is 7.94. The monoisotopic (exact) mass is 319 g/mol. The molecule has 1 aromatic heterocycles. The predicted molar refractivity (Wildman–Crippen MR) is 92.7 cm³/mol. The number of fused-ring (bicyclic) bond motifs is 2. The SMILES string of the molecule is O=C(NCCc1nc2ccccc2[nH]1)C1=Cc2ccccc2OC1. The van der Waals surface area contributed by atoms with E-state index >= 15 is 0 Å². The van der Waals surface area contributed by atoms with E-state index in [9.17, 15) is 4.79 Å². The van der Waals surface area contributed by atoms with Crippen LogP contribution in [-0.4, -0.2) is 29.0 Å². The highest BCUT2D eigenvalue weighted by molar-refractivity contribution is 5.99. The molecule has 5 heteroatoms. The van der Waals surface area contributed by atoms with E-state index in [4.69, 9.17) is 4.74 Å². The van der Waals surface area contributed by atoms with Crippen LogP contribution in [0.1, 0.15) is 11.4 Å². The lowest BCUT2D eigenvalue weighted by molar-refractivity contribution is -0.117. The zero-order valence-electron chi connectivity index (χ0n) is 13.1. The molecule has 1 amide bonds. The number of nitrogens with one attached hydrogen (secondary N) is 2. The second-order valence-corrected chi connectivity index (χ2v) is 5.70. The van der Waals surface area contributed by atoms with Crippen molar-refractivity contribution >= 4 is 23.0 Å². The number of aromatic amines is 1. The molecule has 1 aliphatic rings. The summed E-state index contributed by atoms with van der Waals surface area (Å²) in [6, 6.07) is 15.6. The number of hydrogen-bond donors (Lipinski definition) is 2. The molecule has 120 valence electrons. The fraction of sp³-hybridized carbons (Fsp3) is 0.158. The fourth-order valence-corrected chi connectivity index (χ4v) is 2.78. The van der Waals surface area contributed by atoms with Gasteiger partial charge in [-0.1, -0.05) is 30.3 Å². The van der Waals surface area contributed by atoms with Crippen LogP contribution in [-0.2, 0) is 11.2 Å². The number of carbonyl (C=O) groups is 1. The van der Waals surface area contributed by atoms with Crippen LogP contribution >= 0.6 is 0 Å². The maximum absolute atomic E-state index is 12.3. The molecular formula is C19H17N3O2. The van der Waals surface area contributed by atoms with E-state index < -0.39 is 0 Å². The van der Waals surface area contributed by atoms with Crippen LogP contribution in [0.15, 0.2) is 54.1 Å². The smallest absolute Gasteiger partial charge is 0.250 e. The summed E-state index contributed by atoms with van der Waals surface area (Å²) in [6.45, 7) is 0.825. The summed E-state index contributed by atoms with van der Waals surface area (Å²) in [4.78, 5) is 20.0. The Labute approximate surface area is 139 Å². The first kappa shape index (κ1) is 14.5. The molecule has 4 rings (SSSR count). The zero-order chi connectivity index (χ0) is 16.4. The normalized spacial score (nSPS) is 13.1. The first-order valence-electron chi connectivity index (χ1n) is 7.94. The molecule has 0 bridgehead atoms. The van der Waals surface area contributed by atoms with Crippen molar-refractivity contribution in [1.82, 2.24) is 15.3 Å². The van der Waals surface area contributed by atoms with Gasteiger partial charge in [0.05, 0.1) is 16.6 Å². The lowest BCUT2D eigenvalue weighted by Crippen LogP contribution is -2.30. The summed E-state index contributed by atoms with van der Waals surface area (Å²) in [5.74, 6) is 1.59. The van der Waals surface area contributed by atoms with Gasteiger partial charge in [0.1, 0.15) is 18.2 Å². The van der Waals surface area contributed by atoms with Crippen LogP contribution in [0.3, 0.4) is 0 Å². The quantitative estimate of drug-likeness (QED) is 0.777. The summed E-state index contributed by atoms with van der Waals surface area (Å²) < 4.78 is 5.61. The van der Waals surface area contributed by atoms with Gasteiger partial charge in [0.25, 0.3) is 5.91 Å². The molecule has 0 saturated carbocycles. The standard InChI is InChI=1S/C19H17N3O2/c23-19(14-11-13-5-1-4-8-17(13)24-12-14)20-10-9-18-21-15-6-2-3-7-16(15)22-18/h1-8,11H,9-10,12H2,(H,20,23)(H,21,22). The molecule has 2 N–H and O–H groups in total. The zero-order valence-corrected chi connectivity index (χ0v) is 13.1. The Morgan fingerprint density at radius 3 is 2.92 bits per heavy atom. The van der Waals surface area contributed by atoms with Crippen molar-refractivity contribution in [2.45, 2.75) is 6.42 Å². The third-order valence-corrected chi connectivity index (χ3v) is 4.01. The Kier molecular flexibility index (Phi) is 3.75. The third kappa shape index (κ3) is 2.88. The van der Waals surface area contributed by atoms with Crippen LogP contribution < -0.4 is 10.1 Å². The van der Waals surface area contributed by atoms with Crippen molar-refractivity contribution in [3.63, 3.8) is 0 Å². The molecule has 5 nitrogen and oxygen atoms in total. The Morgan fingerprint density at radius 2 is 2.00 bits per heavy atom. The molecule has 0 saturated heterocycles. The molecule has 24 heavy (non-hydrogen) atoms. The van der Waals surface area contributed by atoms with Crippen molar-refractivity contribution in [3.8, 4) is 5.75 Å². The van der Waals surface area contributed by atoms with Gasteiger partial charge in [-0.25, -0.2) is 4.98 Å². The van der Waals surface area contributed by atoms with Gasteiger partial charge < -0.3 is 15.0 Å². The number of imidazole rings is 1. The highest BCUT2D eigenvalue weighted by Gasteiger charge is 2.16. The Morgan fingerprint density at radius 1 is 1.17 bits per heavy atom. The van der Waals surface area contributed by atoms with Crippen LogP contribution in [0, 0.1) is 0 Å². The van der Waals surface area contributed by atoms with Crippen LogP contribution in [0.2, 0.25) is 0 Å².